The molecule has 0 amide bonds. The molecule has 33 heavy (non-hydrogen) atoms. The highest BCUT2D eigenvalue weighted by Crippen LogP contribution is 2.29. The zero-order valence-electron chi connectivity index (χ0n) is 17.4. The molecule has 8 heteroatoms. The summed E-state index contributed by atoms with van der Waals surface area (Å²) in [5.74, 6) is 5.80. The summed E-state index contributed by atoms with van der Waals surface area (Å²) in [5, 5.41) is 0. The number of carbonyl (C=O) groups is 1. The Bertz CT molecular complexity index is 1360. The number of esters is 1. The summed E-state index contributed by atoms with van der Waals surface area (Å²) in [6.07, 6.45) is -2.67. The summed E-state index contributed by atoms with van der Waals surface area (Å²) in [6, 6.07) is 16.7. The molecule has 4 rings (SSSR count). The van der Waals surface area contributed by atoms with Crippen LogP contribution >= 0.6 is 0 Å². The molecule has 2 aromatic heterocycles. The van der Waals surface area contributed by atoms with Gasteiger partial charge in [0.05, 0.1) is 18.2 Å². The highest BCUT2D eigenvalue weighted by molar-refractivity contribution is 5.89. The summed E-state index contributed by atoms with van der Waals surface area (Å²) in [6.45, 7) is 0.0753. The van der Waals surface area contributed by atoms with E-state index < -0.39 is 17.7 Å². The third-order valence-electron chi connectivity index (χ3n) is 4.77. The van der Waals surface area contributed by atoms with Gasteiger partial charge in [0.15, 0.2) is 0 Å². The largest absolute Gasteiger partial charge is 0.487 e. The summed E-state index contributed by atoms with van der Waals surface area (Å²) < 4.78 is 51.2. The van der Waals surface area contributed by atoms with E-state index in [1.807, 2.05) is 6.07 Å². The highest BCUT2D eigenvalue weighted by atomic mass is 19.4. The molecule has 0 aliphatic rings. The molecule has 0 radical (unpaired) electrons. The number of rotatable bonds is 4. The zero-order valence-corrected chi connectivity index (χ0v) is 17.4. The van der Waals surface area contributed by atoms with Crippen LogP contribution in [0.2, 0.25) is 0 Å². The first-order chi connectivity index (χ1) is 15.8. The van der Waals surface area contributed by atoms with Crippen LogP contribution in [0.3, 0.4) is 0 Å². The first-order valence-electron chi connectivity index (χ1n) is 9.81. The van der Waals surface area contributed by atoms with E-state index in [9.17, 15) is 18.0 Å². The maximum atomic E-state index is 13.0. The second-order valence-corrected chi connectivity index (χ2v) is 6.97. The Balaban J connectivity index is 1.62. The van der Waals surface area contributed by atoms with E-state index in [2.05, 4.69) is 21.6 Å². The SMILES string of the molecule is COC(=O)c1ccc(OCc2nc3ccccn3c2C#Cc2cccc(C(F)(F)F)c2)cc1. The van der Waals surface area contributed by atoms with E-state index in [1.165, 1.54) is 19.2 Å². The Kier molecular flexibility index (Phi) is 6.05. The van der Waals surface area contributed by atoms with Crippen molar-refractivity contribution in [1.82, 2.24) is 9.38 Å². The standard InChI is InChI=1S/C25H17F3N2O3/c1-32-24(31)18-9-11-20(12-10-18)33-16-21-22(30-14-3-2-7-23(30)29-21)13-8-17-5-4-6-19(15-17)25(26,27)28/h2-7,9-12,14-15H,16H2,1H3. The molecule has 2 aromatic carbocycles. The fourth-order valence-electron chi connectivity index (χ4n) is 3.14. The number of nitrogens with zero attached hydrogens (tertiary/aromatic N) is 2. The van der Waals surface area contributed by atoms with Gasteiger partial charge in [-0.15, -0.1) is 0 Å². The molecule has 0 aliphatic heterocycles. The number of fused-ring (bicyclic) bond motifs is 1. The van der Waals surface area contributed by atoms with Gasteiger partial charge in [0.2, 0.25) is 0 Å². The third kappa shape index (κ3) is 4.99. The third-order valence-corrected chi connectivity index (χ3v) is 4.77. The van der Waals surface area contributed by atoms with E-state index >= 15 is 0 Å². The quantitative estimate of drug-likeness (QED) is 0.320. The molecule has 0 atom stereocenters. The lowest BCUT2D eigenvalue weighted by atomic mass is 10.1. The summed E-state index contributed by atoms with van der Waals surface area (Å²) in [4.78, 5) is 16.1. The van der Waals surface area contributed by atoms with E-state index in [0.717, 1.165) is 12.1 Å². The Morgan fingerprint density at radius 2 is 1.82 bits per heavy atom. The number of halogens is 3. The monoisotopic (exact) mass is 450 g/mol. The van der Waals surface area contributed by atoms with Gasteiger partial charge in [0, 0.05) is 11.8 Å². The van der Waals surface area contributed by atoms with E-state index in [0.29, 0.717) is 28.3 Å². The van der Waals surface area contributed by atoms with Gasteiger partial charge in [-0.3, -0.25) is 4.40 Å². The Morgan fingerprint density at radius 3 is 2.55 bits per heavy atom. The van der Waals surface area contributed by atoms with Crippen molar-refractivity contribution in [2.75, 3.05) is 7.11 Å². The van der Waals surface area contributed by atoms with Gasteiger partial charge in [-0.05, 0) is 60.5 Å². The average Bonchev–Trinajstić information content (AvgIpc) is 3.18. The predicted molar refractivity (Wildman–Crippen MR) is 115 cm³/mol. The Hall–Kier alpha value is -4.25. The van der Waals surface area contributed by atoms with Gasteiger partial charge in [-0.25, -0.2) is 9.78 Å². The van der Waals surface area contributed by atoms with Crippen LogP contribution < -0.4 is 4.74 Å². The van der Waals surface area contributed by atoms with Gasteiger partial charge >= 0.3 is 12.1 Å². The van der Waals surface area contributed by atoms with Crippen molar-refractivity contribution < 1.29 is 27.4 Å². The van der Waals surface area contributed by atoms with Crippen LogP contribution in [0.1, 0.15) is 32.9 Å². The number of hydrogen-bond acceptors (Lipinski definition) is 4. The van der Waals surface area contributed by atoms with Gasteiger partial charge in [0.1, 0.15) is 29.4 Å². The Labute approximate surface area is 187 Å². The maximum Gasteiger partial charge on any atom is 0.416 e. The van der Waals surface area contributed by atoms with Crippen molar-refractivity contribution in [3.63, 3.8) is 0 Å². The van der Waals surface area contributed by atoms with Crippen LogP contribution in [0, 0.1) is 11.8 Å². The smallest absolute Gasteiger partial charge is 0.416 e. The molecular weight excluding hydrogens is 433 g/mol. The number of hydrogen-bond donors (Lipinski definition) is 0. The van der Waals surface area contributed by atoms with Gasteiger partial charge in [0.25, 0.3) is 0 Å². The van der Waals surface area contributed by atoms with E-state index in [1.54, 1.807) is 47.0 Å². The maximum absolute atomic E-state index is 13.0. The van der Waals surface area contributed by atoms with Gasteiger partial charge in [-0.1, -0.05) is 18.1 Å². The van der Waals surface area contributed by atoms with Crippen LogP contribution in [0.5, 0.6) is 5.75 Å². The average molecular weight is 450 g/mol. The number of alkyl halides is 3. The number of benzene rings is 2. The molecular formula is C25H17F3N2O3. The fraction of sp³-hybridized carbons (Fsp3) is 0.120. The lowest BCUT2D eigenvalue weighted by Gasteiger charge is -2.06. The van der Waals surface area contributed by atoms with Crippen molar-refractivity contribution in [3.05, 3.63) is 101 Å². The Morgan fingerprint density at radius 1 is 1.03 bits per heavy atom. The highest BCUT2D eigenvalue weighted by Gasteiger charge is 2.30. The van der Waals surface area contributed by atoms with Crippen LogP contribution in [-0.4, -0.2) is 22.5 Å². The van der Waals surface area contributed by atoms with Crippen molar-refractivity contribution >= 4 is 11.6 Å². The van der Waals surface area contributed by atoms with Crippen molar-refractivity contribution in [3.8, 4) is 17.6 Å². The summed E-state index contributed by atoms with van der Waals surface area (Å²) >= 11 is 0. The summed E-state index contributed by atoms with van der Waals surface area (Å²) in [5.41, 5.74) is 1.54. The number of methoxy groups -OCH3 is 1. The molecule has 0 fully saturated rings. The normalized spacial score (nSPS) is 11.0. The lowest BCUT2D eigenvalue weighted by molar-refractivity contribution is -0.137. The van der Waals surface area contributed by atoms with E-state index in [4.69, 9.17) is 4.74 Å². The first kappa shape index (κ1) is 22.0. The van der Waals surface area contributed by atoms with Gasteiger partial charge < -0.3 is 9.47 Å². The predicted octanol–water partition coefficient (Wildman–Crippen LogP) is 5.12. The van der Waals surface area contributed by atoms with Crippen LogP contribution in [-0.2, 0) is 17.5 Å². The molecule has 0 bridgehead atoms. The lowest BCUT2D eigenvalue weighted by Crippen LogP contribution is -2.04. The molecule has 166 valence electrons. The molecule has 2 heterocycles. The number of aromatic nitrogens is 2. The number of imidazole rings is 1. The van der Waals surface area contributed by atoms with Crippen molar-refractivity contribution in [2.24, 2.45) is 0 Å². The summed E-state index contributed by atoms with van der Waals surface area (Å²) in [7, 11) is 1.30. The number of pyridine rings is 1. The number of ether oxygens (including phenoxy) is 2. The van der Waals surface area contributed by atoms with E-state index in [-0.39, 0.29) is 12.2 Å². The molecule has 0 saturated heterocycles. The minimum Gasteiger partial charge on any atom is -0.487 e. The topological polar surface area (TPSA) is 52.8 Å². The second kappa shape index (κ2) is 9.09. The first-order valence-corrected chi connectivity index (χ1v) is 9.81. The molecule has 0 spiro atoms. The molecule has 5 nitrogen and oxygen atoms in total. The molecule has 0 aliphatic carbocycles. The second-order valence-electron chi connectivity index (χ2n) is 6.97. The van der Waals surface area contributed by atoms with Crippen LogP contribution in [0.25, 0.3) is 5.65 Å². The molecule has 4 aromatic rings. The van der Waals surface area contributed by atoms with Crippen molar-refractivity contribution in [2.45, 2.75) is 12.8 Å². The van der Waals surface area contributed by atoms with Gasteiger partial charge in [-0.2, -0.15) is 13.2 Å². The minimum absolute atomic E-state index is 0.0753. The van der Waals surface area contributed by atoms with Crippen LogP contribution in [0.4, 0.5) is 13.2 Å². The molecule has 0 N–H and O–H groups in total. The molecule has 0 unspecified atom stereocenters. The fourth-order valence-corrected chi connectivity index (χ4v) is 3.14. The zero-order chi connectivity index (χ0) is 23.4. The molecule has 0 saturated carbocycles. The van der Waals surface area contributed by atoms with Crippen molar-refractivity contribution in [1.29, 1.82) is 0 Å². The minimum atomic E-state index is -4.44. The van der Waals surface area contributed by atoms with Crippen LogP contribution in [0.15, 0.2) is 72.9 Å². The number of carbonyl (C=O) groups excluding carboxylic acids is 1.